The van der Waals surface area contributed by atoms with Crippen LogP contribution in [0.15, 0.2) is 79.0 Å². The van der Waals surface area contributed by atoms with Gasteiger partial charge in [0.1, 0.15) is 11.6 Å². The van der Waals surface area contributed by atoms with Crippen LogP contribution < -0.4 is 19.5 Å². The number of nitrogens with one attached hydrogen (secondary N) is 1. The highest BCUT2D eigenvalue weighted by Crippen LogP contribution is 2.37. The van der Waals surface area contributed by atoms with Crippen LogP contribution >= 0.6 is 0 Å². The average molecular weight is 486 g/mol. The van der Waals surface area contributed by atoms with E-state index in [1.54, 1.807) is 61.8 Å². The van der Waals surface area contributed by atoms with Gasteiger partial charge in [0.05, 0.1) is 25.4 Å². The number of hydrogen-bond donors (Lipinski definition) is 1. The van der Waals surface area contributed by atoms with Gasteiger partial charge in [0.25, 0.3) is 0 Å². The van der Waals surface area contributed by atoms with Crippen molar-refractivity contribution in [1.29, 1.82) is 0 Å². The summed E-state index contributed by atoms with van der Waals surface area (Å²) < 4.78 is 45.0. The minimum Gasteiger partial charge on any atom is -0.493 e. The Bertz CT molecular complexity index is 1540. The molecule has 7 nitrogen and oxygen atoms in total. The Morgan fingerprint density at radius 3 is 2.31 bits per heavy atom. The van der Waals surface area contributed by atoms with Crippen molar-refractivity contribution >= 4 is 22.4 Å². The second kappa shape index (κ2) is 9.83. The van der Waals surface area contributed by atoms with E-state index in [-0.39, 0.29) is 11.6 Å². The van der Waals surface area contributed by atoms with E-state index in [1.165, 1.54) is 31.4 Å². The maximum atomic E-state index is 15.0. The third-order valence-electron chi connectivity index (χ3n) is 5.42. The Kier molecular flexibility index (Phi) is 6.27. The van der Waals surface area contributed by atoms with Gasteiger partial charge in [-0.15, -0.1) is 10.2 Å². The van der Waals surface area contributed by atoms with Crippen LogP contribution in [-0.2, 0) is 0 Å². The molecule has 0 unspecified atom stereocenters. The lowest BCUT2D eigenvalue weighted by atomic mass is 10.1. The molecular weight excluding hydrogens is 466 g/mol. The molecule has 0 spiro atoms. The number of anilines is 2. The van der Waals surface area contributed by atoms with Crippen LogP contribution in [0.1, 0.15) is 0 Å². The van der Waals surface area contributed by atoms with Gasteiger partial charge in [-0.1, -0.05) is 6.07 Å². The van der Waals surface area contributed by atoms with E-state index >= 15 is 4.39 Å². The first-order chi connectivity index (χ1) is 17.5. The molecule has 5 rings (SSSR count). The third-order valence-corrected chi connectivity index (χ3v) is 5.42. The summed E-state index contributed by atoms with van der Waals surface area (Å²) in [6.07, 6.45) is 1.57. The second-order valence-electron chi connectivity index (χ2n) is 7.72. The molecule has 0 saturated carbocycles. The summed E-state index contributed by atoms with van der Waals surface area (Å²) in [4.78, 5) is 4.33. The molecule has 5 aromatic rings. The van der Waals surface area contributed by atoms with Gasteiger partial charge < -0.3 is 19.5 Å². The van der Waals surface area contributed by atoms with Crippen LogP contribution in [0.2, 0.25) is 0 Å². The van der Waals surface area contributed by atoms with Crippen molar-refractivity contribution in [3.63, 3.8) is 0 Å². The molecule has 180 valence electrons. The monoisotopic (exact) mass is 486 g/mol. The lowest BCUT2D eigenvalue weighted by molar-refractivity contribution is 0.355. The van der Waals surface area contributed by atoms with E-state index in [0.717, 1.165) is 0 Å². The third kappa shape index (κ3) is 4.72. The zero-order valence-corrected chi connectivity index (χ0v) is 19.3. The first-order valence-corrected chi connectivity index (χ1v) is 10.9. The predicted octanol–water partition coefficient (Wildman–Crippen LogP) is 6.52. The number of pyridine rings is 1. The SMILES string of the molecule is COc1cc2nccc(Oc3ccc(-c4ccc(Nc5cccc(F)c5)nn4)cc3F)c2cc1OC. The number of benzene rings is 3. The lowest BCUT2D eigenvalue weighted by Crippen LogP contribution is -1.97. The fourth-order valence-electron chi connectivity index (χ4n) is 3.66. The standard InChI is InChI=1S/C27H20F2N4O3/c1-34-25-14-19-22(15-26(25)35-2)30-11-10-23(19)36-24-8-6-16(12-20(24)29)21-7-9-27(33-32-21)31-18-5-3-4-17(28)13-18/h3-15H,1-2H3,(H,31,33). The summed E-state index contributed by atoms with van der Waals surface area (Å²) in [5.74, 6) is 0.999. The Hall–Kier alpha value is -4.79. The van der Waals surface area contributed by atoms with Crippen LogP contribution in [0.25, 0.3) is 22.2 Å². The minimum absolute atomic E-state index is 0.0402. The number of methoxy groups -OCH3 is 2. The number of ether oxygens (including phenoxy) is 3. The topological polar surface area (TPSA) is 78.4 Å². The molecule has 0 radical (unpaired) electrons. The maximum Gasteiger partial charge on any atom is 0.166 e. The smallest absolute Gasteiger partial charge is 0.166 e. The van der Waals surface area contributed by atoms with E-state index in [2.05, 4.69) is 20.5 Å². The zero-order valence-electron chi connectivity index (χ0n) is 19.3. The van der Waals surface area contributed by atoms with E-state index in [1.807, 2.05) is 0 Å². The van der Waals surface area contributed by atoms with Gasteiger partial charge in [0, 0.05) is 28.9 Å². The molecule has 36 heavy (non-hydrogen) atoms. The summed E-state index contributed by atoms with van der Waals surface area (Å²) in [7, 11) is 3.08. The fraction of sp³-hybridized carbons (Fsp3) is 0.0741. The van der Waals surface area contributed by atoms with E-state index < -0.39 is 5.82 Å². The van der Waals surface area contributed by atoms with Crippen molar-refractivity contribution in [2.24, 2.45) is 0 Å². The van der Waals surface area contributed by atoms with Crippen molar-refractivity contribution < 1.29 is 23.0 Å². The normalized spacial score (nSPS) is 10.8. The van der Waals surface area contributed by atoms with Crippen LogP contribution in [0, 0.1) is 11.6 Å². The minimum atomic E-state index is -0.568. The van der Waals surface area contributed by atoms with Crippen molar-refractivity contribution in [2.45, 2.75) is 0 Å². The van der Waals surface area contributed by atoms with Gasteiger partial charge in [-0.05, 0) is 60.7 Å². The lowest BCUT2D eigenvalue weighted by Gasteiger charge is -2.13. The van der Waals surface area contributed by atoms with Gasteiger partial charge >= 0.3 is 0 Å². The summed E-state index contributed by atoms with van der Waals surface area (Å²) in [5, 5.41) is 11.9. The molecule has 0 aliphatic rings. The average Bonchev–Trinajstić information content (AvgIpc) is 2.89. The predicted molar refractivity (Wildman–Crippen MR) is 132 cm³/mol. The first-order valence-electron chi connectivity index (χ1n) is 10.9. The van der Waals surface area contributed by atoms with Crippen LogP contribution in [0.3, 0.4) is 0 Å². The molecule has 3 aromatic carbocycles. The van der Waals surface area contributed by atoms with Gasteiger partial charge in [0.2, 0.25) is 0 Å². The number of aromatic nitrogens is 3. The van der Waals surface area contributed by atoms with Gasteiger partial charge in [0.15, 0.2) is 28.9 Å². The number of rotatable bonds is 7. The Labute approximate surface area is 205 Å². The largest absolute Gasteiger partial charge is 0.493 e. The van der Waals surface area contributed by atoms with Crippen LogP contribution in [0.4, 0.5) is 20.3 Å². The van der Waals surface area contributed by atoms with E-state index in [0.29, 0.717) is 50.9 Å². The van der Waals surface area contributed by atoms with Gasteiger partial charge in [-0.25, -0.2) is 8.78 Å². The Balaban J connectivity index is 1.38. The fourth-order valence-corrected chi connectivity index (χ4v) is 3.66. The highest BCUT2D eigenvalue weighted by molar-refractivity contribution is 5.88. The summed E-state index contributed by atoms with van der Waals surface area (Å²) in [5.41, 5.74) is 2.15. The number of hydrogen-bond acceptors (Lipinski definition) is 7. The molecule has 0 bridgehead atoms. The summed E-state index contributed by atoms with van der Waals surface area (Å²) >= 11 is 0. The number of nitrogens with zero attached hydrogens (tertiary/aromatic N) is 3. The molecule has 0 fully saturated rings. The quantitative estimate of drug-likeness (QED) is 0.280. The molecule has 0 amide bonds. The molecule has 9 heteroatoms. The van der Waals surface area contributed by atoms with E-state index in [4.69, 9.17) is 14.2 Å². The molecule has 2 heterocycles. The molecule has 1 N–H and O–H groups in total. The second-order valence-corrected chi connectivity index (χ2v) is 7.72. The first kappa shape index (κ1) is 23.0. The van der Waals surface area contributed by atoms with Crippen molar-refractivity contribution in [1.82, 2.24) is 15.2 Å². The maximum absolute atomic E-state index is 15.0. The number of halogens is 2. The molecular formula is C27H20F2N4O3. The van der Waals surface area contributed by atoms with Crippen molar-refractivity contribution in [3.8, 4) is 34.3 Å². The molecule has 0 aliphatic heterocycles. The Morgan fingerprint density at radius 1 is 0.750 bits per heavy atom. The molecule has 2 aromatic heterocycles. The highest BCUT2D eigenvalue weighted by Gasteiger charge is 2.14. The van der Waals surface area contributed by atoms with Crippen molar-refractivity contribution in [3.05, 3.63) is 90.6 Å². The number of fused-ring (bicyclic) bond motifs is 1. The van der Waals surface area contributed by atoms with Gasteiger partial charge in [-0.2, -0.15) is 0 Å². The van der Waals surface area contributed by atoms with Crippen molar-refractivity contribution in [2.75, 3.05) is 19.5 Å². The zero-order chi connectivity index (χ0) is 25.1. The highest BCUT2D eigenvalue weighted by atomic mass is 19.1. The van der Waals surface area contributed by atoms with Gasteiger partial charge in [-0.3, -0.25) is 4.98 Å². The summed E-state index contributed by atoms with van der Waals surface area (Å²) in [6.45, 7) is 0. The summed E-state index contributed by atoms with van der Waals surface area (Å²) in [6, 6.07) is 19.0. The molecule has 0 atom stereocenters. The van der Waals surface area contributed by atoms with E-state index in [9.17, 15) is 4.39 Å². The van der Waals surface area contributed by atoms with Crippen LogP contribution in [0.5, 0.6) is 23.0 Å². The molecule has 0 saturated heterocycles. The molecule has 0 aliphatic carbocycles. The Morgan fingerprint density at radius 2 is 1.58 bits per heavy atom. The van der Waals surface area contributed by atoms with Crippen LogP contribution in [-0.4, -0.2) is 29.4 Å².